The highest BCUT2D eigenvalue weighted by Gasteiger charge is 2.36. The summed E-state index contributed by atoms with van der Waals surface area (Å²) in [5.74, 6) is -1.58. The maximum atomic E-state index is 12.2. The van der Waals surface area contributed by atoms with Gasteiger partial charge in [0.15, 0.2) is 0 Å². The Bertz CT molecular complexity index is 447. The summed E-state index contributed by atoms with van der Waals surface area (Å²) in [5.41, 5.74) is -0.853. The number of alkyl halides is 3. The SMILES string of the molecule is CC(CO)c1cccc([N+](=O)[O-])c1OC(F)(F)F. The molecule has 0 radical (unpaired) electrons. The third-order valence-corrected chi connectivity index (χ3v) is 2.24. The van der Waals surface area contributed by atoms with Crippen molar-refractivity contribution in [3.8, 4) is 5.75 Å². The number of nitrogens with zero attached hydrogens (tertiary/aromatic N) is 1. The van der Waals surface area contributed by atoms with Crippen molar-refractivity contribution in [1.82, 2.24) is 0 Å². The van der Waals surface area contributed by atoms with Crippen molar-refractivity contribution in [2.45, 2.75) is 19.2 Å². The Labute approximate surface area is 99.9 Å². The molecule has 0 saturated heterocycles. The summed E-state index contributed by atoms with van der Waals surface area (Å²) < 4.78 is 40.4. The quantitative estimate of drug-likeness (QED) is 0.670. The van der Waals surface area contributed by atoms with Crippen molar-refractivity contribution in [2.24, 2.45) is 0 Å². The lowest BCUT2D eigenvalue weighted by molar-refractivity contribution is -0.388. The predicted molar refractivity (Wildman–Crippen MR) is 55.3 cm³/mol. The van der Waals surface area contributed by atoms with Crippen molar-refractivity contribution in [3.05, 3.63) is 33.9 Å². The summed E-state index contributed by atoms with van der Waals surface area (Å²) in [5, 5.41) is 19.6. The van der Waals surface area contributed by atoms with E-state index < -0.39 is 35.2 Å². The van der Waals surface area contributed by atoms with Crippen LogP contribution in [-0.2, 0) is 0 Å². The van der Waals surface area contributed by atoms with Crippen LogP contribution in [0.4, 0.5) is 18.9 Å². The summed E-state index contributed by atoms with van der Waals surface area (Å²) >= 11 is 0. The van der Waals surface area contributed by atoms with Gasteiger partial charge >= 0.3 is 12.0 Å². The van der Waals surface area contributed by atoms with Crippen LogP contribution in [0.2, 0.25) is 0 Å². The average Bonchev–Trinajstić information content (AvgIpc) is 2.25. The first-order chi connectivity index (χ1) is 8.26. The summed E-state index contributed by atoms with van der Waals surface area (Å²) in [6.45, 7) is 0.984. The topological polar surface area (TPSA) is 72.6 Å². The van der Waals surface area contributed by atoms with E-state index in [1.807, 2.05) is 0 Å². The van der Waals surface area contributed by atoms with Gasteiger partial charge in [-0.15, -0.1) is 13.2 Å². The van der Waals surface area contributed by atoms with Gasteiger partial charge in [0.2, 0.25) is 5.75 Å². The minimum Gasteiger partial charge on any atom is -0.398 e. The highest BCUT2D eigenvalue weighted by Crippen LogP contribution is 2.38. The minimum atomic E-state index is -5.03. The maximum Gasteiger partial charge on any atom is 0.573 e. The number of ether oxygens (including phenoxy) is 1. The van der Waals surface area contributed by atoms with E-state index in [1.165, 1.54) is 19.1 Å². The van der Waals surface area contributed by atoms with Gasteiger partial charge in [-0.25, -0.2) is 0 Å². The predicted octanol–water partition coefficient (Wildman–Crippen LogP) is 2.59. The average molecular weight is 265 g/mol. The standard InChI is InChI=1S/C10H10F3NO4/c1-6(5-15)7-3-2-4-8(14(16)17)9(7)18-10(11,12)13/h2-4,6,15H,5H2,1H3. The molecule has 18 heavy (non-hydrogen) atoms. The molecule has 0 spiro atoms. The molecule has 1 unspecified atom stereocenters. The zero-order valence-corrected chi connectivity index (χ0v) is 9.27. The summed E-state index contributed by atoms with van der Waals surface area (Å²) in [6.07, 6.45) is -5.03. The van der Waals surface area contributed by atoms with Gasteiger partial charge in [0.05, 0.1) is 4.92 Å². The van der Waals surface area contributed by atoms with Crippen LogP contribution in [0, 0.1) is 10.1 Å². The lowest BCUT2D eigenvalue weighted by atomic mass is 10.0. The number of rotatable bonds is 4. The molecule has 1 rings (SSSR count). The first-order valence-corrected chi connectivity index (χ1v) is 4.90. The van der Waals surface area contributed by atoms with Crippen molar-refractivity contribution in [3.63, 3.8) is 0 Å². The fraction of sp³-hybridized carbons (Fsp3) is 0.400. The highest BCUT2D eigenvalue weighted by molar-refractivity contribution is 5.53. The van der Waals surface area contributed by atoms with Crippen LogP contribution in [0.25, 0.3) is 0 Å². The minimum absolute atomic E-state index is 0.0657. The molecule has 0 fully saturated rings. The van der Waals surface area contributed by atoms with Gasteiger partial charge in [0.1, 0.15) is 0 Å². The lowest BCUT2D eigenvalue weighted by Gasteiger charge is -2.16. The van der Waals surface area contributed by atoms with Crippen molar-refractivity contribution < 1.29 is 27.9 Å². The normalized spacial score (nSPS) is 13.2. The number of aliphatic hydroxyl groups is 1. The molecule has 5 nitrogen and oxygen atoms in total. The van der Waals surface area contributed by atoms with E-state index >= 15 is 0 Å². The van der Waals surface area contributed by atoms with Crippen LogP contribution in [0.3, 0.4) is 0 Å². The third kappa shape index (κ3) is 3.33. The number of hydrogen-bond acceptors (Lipinski definition) is 4. The summed E-state index contributed by atoms with van der Waals surface area (Å²) in [6, 6.07) is 3.40. The van der Waals surface area contributed by atoms with Crippen molar-refractivity contribution in [2.75, 3.05) is 6.61 Å². The van der Waals surface area contributed by atoms with Crippen LogP contribution in [0.1, 0.15) is 18.4 Å². The van der Waals surface area contributed by atoms with Crippen LogP contribution >= 0.6 is 0 Å². The molecule has 0 aliphatic carbocycles. The van der Waals surface area contributed by atoms with Gasteiger partial charge in [0, 0.05) is 24.2 Å². The number of benzene rings is 1. The summed E-state index contributed by atoms with van der Waals surface area (Å²) in [4.78, 5) is 9.70. The molecule has 0 aromatic heterocycles. The second kappa shape index (κ2) is 5.21. The molecule has 100 valence electrons. The molecule has 1 atom stereocenters. The van der Waals surface area contributed by atoms with E-state index in [2.05, 4.69) is 4.74 Å². The second-order valence-electron chi connectivity index (χ2n) is 3.58. The van der Waals surface area contributed by atoms with Crippen molar-refractivity contribution >= 4 is 5.69 Å². The van der Waals surface area contributed by atoms with Gasteiger partial charge in [-0.1, -0.05) is 19.1 Å². The third-order valence-electron chi connectivity index (χ3n) is 2.24. The van der Waals surface area contributed by atoms with E-state index in [4.69, 9.17) is 5.11 Å². The van der Waals surface area contributed by atoms with E-state index in [0.29, 0.717) is 0 Å². The van der Waals surface area contributed by atoms with Crippen LogP contribution < -0.4 is 4.74 Å². The molecule has 1 aromatic carbocycles. The molecular weight excluding hydrogens is 255 g/mol. The zero-order chi connectivity index (χ0) is 13.9. The molecule has 0 amide bonds. The fourth-order valence-corrected chi connectivity index (χ4v) is 1.40. The number of nitro benzene ring substituents is 1. The maximum absolute atomic E-state index is 12.2. The smallest absolute Gasteiger partial charge is 0.398 e. The van der Waals surface area contributed by atoms with Gasteiger partial charge in [-0.3, -0.25) is 10.1 Å². The Hall–Kier alpha value is -1.83. The largest absolute Gasteiger partial charge is 0.573 e. The molecule has 0 aliphatic heterocycles. The molecule has 0 aliphatic rings. The number of halogens is 3. The molecule has 1 aromatic rings. The number of nitro groups is 1. The van der Waals surface area contributed by atoms with Crippen LogP contribution in [0.15, 0.2) is 18.2 Å². The van der Waals surface area contributed by atoms with E-state index in [-0.39, 0.29) is 5.56 Å². The second-order valence-corrected chi connectivity index (χ2v) is 3.58. The molecule has 1 N–H and O–H groups in total. The number of para-hydroxylation sites is 1. The fourth-order valence-electron chi connectivity index (χ4n) is 1.40. The van der Waals surface area contributed by atoms with E-state index in [1.54, 1.807) is 0 Å². The first kappa shape index (κ1) is 14.2. The highest BCUT2D eigenvalue weighted by atomic mass is 19.4. The molecule has 0 heterocycles. The molecule has 0 bridgehead atoms. The Morgan fingerprint density at radius 2 is 2.11 bits per heavy atom. The Kier molecular flexibility index (Phi) is 4.12. The number of hydrogen-bond donors (Lipinski definition) is 1. The van der Waals surface area contributed by atoms with Gasteiger partial charge in [-0.05, 0) is 0 Å². The molecule has 0 saturated carbocycles. The Balaban J connectivity index is 3.34. The molecular formula is C10H10F3NO4. The van der Waals surface area contributed by atoms with Crippen LogP contribution in [-0.4, -0.2) is 23.0 Å². The van der Waals surface area contributed by atoms with Gasteiger partial charge in [-0.2, -0.15) is 0 Å². The van der Waals surface area contributed by atoms with Crippen LogP contribution in [0.5, 0.6) is 5.75 Å². The molecule has 8 heteroatoms. The summed E-state index contributed by atoms with van der Waals surface area (Å²) in [7, 11) is 0. The number of aliphatic hydroxyl groups excluding tert-OH is 1. The van der Waals surface area contributed by atoms with Crippen molar-refractivity contribution in [1.29, 1.82) is 0 Å². The zero-order valence-electron chi connectivity index (χ0n) is 9.27. The van der Waals surface area contributed by atoms with E-state index in [0.717, 1.165) is 6.07 Å². The lowest BCUT2D eigenvalue weighted by Crippen LogP contribution is -2.19. The monoisotopic (exact) mass is 265 g/mol. The van der Waals surface area contributed by atoms with Gasteiger partial charge in [0.25, 0.3) is 0 Å². The van der Waals surface area contributed by atoms with Gasteiger partial charge < -0.3 is 9.84 Å². The Morgan fingerprint density at radius 3 is 2.56 bits per heavy atom. The first-order valence-electron chi connectivity index (χ1n) is 4.90. The van der Waals surface area contributed by atoms with E-state index in [9.17, 15) is 23.3 Å². The Morgan fingerprint density at radius 1 is 1.50 bits per heavy atom.